The van der Waals surface area contributed by atoms with E-state index in [1.54, 1.807) is 0 Å². The van der Waals surface area contributed by atoms with Crippen molar-refractivity contribution in [3.05, 3.63) is 54.2 Å². The highest BCUT2D eigenvalue weighted by molar-refractivity contribution is 6.11. The van der Waals surface area contributed by atoms with Crippen molar-refractivity contribution >= 4 is 22.5 Å². The maximum atomic E-state index is 13.7. The van der Waals surface area contributed by atoms with Gasteiger partial charge in [0.25, 0.3) is 5.91 Å². The smallest absolute Gasteiger partial charge is 0.276 e. The van der Waals surface area contributed by atoms with Crippen LogP contribution in [0.1, 0.15) is 29.8 Å². The Morgan fingerprint density at radius 3 is 2.88 bits per heavy atom. The molecule has 0 atom stereocenters. The number of benzene rings is 1. The number of para-hydroxylation sites is 1. The SMILES string of the molecule is O=C(Nc1ccncc1F)c1nn(CC2CCC2)c2ccccc12. The Balaban J connectivity index is 1.68. The summed E-state index contributed by atoms with van der Waals surface area (Å²) in [5.41, 5.74) is 1.36. The number of amides is 1. The first-order chi connectivity index (χ1) is 11.7. The third kappa shape index (κ3) is 2.64. The van der Waals surface area contributed by atoms with Gasteiger partial charge in [-0.2, -0.15) is 5.10 Å². The van der Waals surface area contributed by atoms with Gasteiger partial charge >= 0.3 is 0 Å². The molecular weight excluding hydrogens is 307 g/mol. The number of aromatic nitrogens is 3. The molecule has 0 spiro atoms. The van der Waals surface area contributed by atoms with Crippen molar-refractivity contribution in [1.29, 1.82) is 0 Å². The van der Waals surface area contributed by atoms with Gasteiger partial charge in [0, 0.05) is 18.1 Å². The monoisotopic (exact) mass is 324 g/mol. The summed E-state index contributed by atoms with van der Waals surface area (Å²) in [5.74, 6) is -0.352. The Kier molecular flexibility index (Phi) is 3.72. The predicted molar refractivity (Wildman–Crippen MR) is 89.2 cm³/mol. The van der Waals surface area contributed by atoms with Crippen molar-refractivity contribution in [2.75, 3.05) is 5.32 Å². The molecule has 1 fully saturated rings. The largest absolute Gasteiger partial charge is 0.318 e. The summed E-state index contributed by atoms with van der Waals surface area (Å²) in [4.78, 5) is 16.3. The summed E-state index contributed by atoms with van der Waals surface area (Å²) in [5, 5.41) is 7.87. The lowest BCUT2D eigenvalue weighted by Gasteiger charge is -2.25. The molecule has 1 N–H and O–H groups in total. The molecule has 122 valence electrons. The Hall–Kier alpha value is -2.76. The van der Waals surface area contributed by atoms with Gasteiger partial charge in [0.15, 0.2) is 11.5 Å². The van der Waals surface area contributed by atoms with E-state index in [4.69, 9.17) is 0 Å². The van der Waals surface area contributed by atoms with E-state index >= 15 is 0 Å². The van der Waals surface area contributed by atoms with Crippen LogP contribution in [0.5, 0.6) is 0 Å². The minimum atomic E-state index is -0.566. The maximum Gasteiger partial charge on any atom is 0.276 e. The van der Waals surface area contributed by atoms with E-state index in [1.165, 1.54) is 31.5 Å². The van der Waals surface area contributed by atoms with E-state index in [-0.39, 0.29) is 5.69 Å². The second-order valence-corrected chi connectivity index (χ2v) is 6.15. The van der Waals surface area contributed by atoms with E-state index in [1.807, 2.05) is 28.9 Å². The van der Waals surface area contributed by atoms with Gasteiger partial charge in [-0.3, -0.25) is 14.5 Å². The van der Waals surface area contributed by atoms with Crippen LogP contribution in [0.4, 0.5) is 10.1 Å². The number of hydrogen-bond donors (Lipinski definition) is 1. The zero-order chi connectivity index (χ0) is 16.5. The molecule has 1 aliphatic rings. The number of rotatable bonds is 4. The first-order valence-corrected chi connectivity index (χ1v) is 8.09. The van der Waals surface area contributed by atoms with Crippen molar-refractivity contribution in [3.63, 3.8) is 0 Å². The number of nitrogens with one attached hydrogen (secondary N) is 1. The quantitative estimate of drug-likeness (QED) is 0.797. The topological polar surface area (TPSA) is 59.8 Å². The molecule has 1 aliphatic carbocycles. The highest BCUT2D eigenvalue weighted by Gasteiger charge is 2.22. The number of carbonyl (C=O) groups is 1. The first kappa shape index (κ1) is 14.8. The number of halogens is 1. The fourth-order valence-corrected chi connectivity index (χ4v) is 3.01. The molecule has 0 aliphatic heterocycles. The maximum absolute atomic E-state index is 13.7. The summed E-state index contributed by atoms with van der Waals surface area (Å²) in [6.07, 6.45) is 6.18. The number of hydrogen-bond acceptors (Lipinski definition) is 3. The van der Waals surface area contributed by atoms with E-state index in [2.05, 4.69) is 15.4 Å². The molecule has 1 saturated carbocycles. The van der Waals surface area contributed by atoms with Crippen LogP contribution in [0.2, 0.25) is 0 Å². The molecule has 5 nitrogen and oxygen atoms in total. The first-order valence-electron chi connectivity index (χ1n) is 8.09. The standard InChI is InChI=1S/C18H17FN4O/c19-14-10-20-9-8-15(14)21-18(24)17-13-6-1-2-7-16(13)23(22-17)11-12-4-3-5-12/h1-2,6-10,12H,3-5,11H2,(H,20,21,24). The average Bonchev–Trinajstić information content (AvgIpc) is 2.92. The van der Waals surface area contributed by atoms with Crippen molar-refractivity contribution in [2.24, 2.45) is 5.92 Å². The summed E-state index contributed by atoms with van der Waals surface area (Å²) in [6, 6.07) is 9.08. The van der Waals surface area contributed by atoms with Gasteiger partial charge in [-0.15, -0.1) is 0 Å². The molecule has 3 aromatic rings. The molecule has 24 heavy (non-hydrogen) atoms. The summed E-state index contributed by atoms with van der Waals surface area (Å²) < 4.78 is 15.6. The molecule has 6 heteroatoms. The van der Waals surface area contributed by atoms with Crippen molar-refractivity contribution in [2.45, 2.75) is 25.8 Å². The summed E-state index contributed by atoms with van der Waals surface area (Å²) in [7, 11) is 0. The van der Waals surface area contributed by atoms with Gasteiger partial charge in [-0.05, 0) is 30.9 Å². The van der Waals surface area contributed by atoms with E-state index in [9.17, 15) is 9.18 Å². The highest BCUT2D eigenvalue weighted by atomic mass is 19.1. The third-order valence-electron chi connectivity index (χ3n) is 4.55. The lowest BCUT2D eigenvalue weighted by atomic mass is 9.85. The minimum absolute atomic E-state index is 0.104. The average molecular weight is 324 g/mol. The third-order valence-corrected chi connectivity index (χ3v) is 4.55. The Labute approximate surface area is 138 Å². The van der Waals surface area contributed by atoms with Gasteiger partial charge in [0.2, 0.25) is 0 Å². The Morgan fingerprint density at radius 2 is 2.12 bits per heavy atom. The normalized spacial score (nSPS) is 14.5. The van der Waals surface area contributed by atoms with Crippen LogP contribution >= 0.6 is 0 Å². The van der Waals surface area contributed by atoms with E-state index in [0.717, 1.165) is 23.6 Å². The van der Waals surface area contributed by atoms with Crippen molar-refractivity contribution in [1.82, 2.24) is 14.8 Å². The van der Waals surface area contributed by atoms with Gasteiger partial charge in [0.05, 0.1) is 17.4 Å². The fraction of sp³-hybridized carbons (Fsp3) is 0.278. The fourth-order valence-electron chi connectivity index (χ4n) is 3.01. The molecule has 4 rings (SSSR count). The molecule has 0 radical (unpaired) electrons. The lowest BCUT2D eigenvalue weighted by Crippen LogP contribution is -2.19. The summed E-state index contributed by atoms with van der Waals surface area (Å²) >= 11 is 0. The molecule has 0 unspecified atom stereocenters. The number of nitrogens with zero attached hydrogens (tertiary/aromatic N) is 3. The lowest BCUT2D eigenvalue weighted by molar-refractivity contribution is 0.102. The van der Waals surface area contributed by atoms with Crippen LogP contribution in [0.3, 0.4) is 0 Å². The predicted octanol–water partition coefficient (Wildman–Crippen LogP) is 3.62. The van der Waals surface area contributed by atoms with Gasteiger partial charge in [-0.25, -0.2) is 4.39 Å². The second kappa shape index (κ2) is 6.03. The van der Waals surface area contributed by atoms with Crippen LogP contribution in [-0.4, -0.2) is 20.7 Å². The molecule has 0 saturated heterocycles. The minimum Gasteiger partial charge on any atom is -0.318 e. The number of anilines is 1. The molecular formula is C18H17FN4O. The zero-order valence-corrected chi connectivity index (χ0v) is 13.1. The van der Waals surface area contributed by atoms with Crippen LogP contribution in [0, 0.1) is 11.7 Å². The van der Waals surface area contributed by atoms with Crippen molar-refractivity contribution < 1.29 is 9.18 Å². The number of carbonyl (C=O) groups excluding carboxylic acids is 1. The summed E-state index contributed by atoms with van der Waals surface area (Å²) in [6.45, 7) is 0.817. The van der Waals surface area contributed by atoms with Crippen LogP contribution in [0.25, 0.3) is 10.9 Å². The molecule has 0 bridgehead atoms. The Bertz CT molecular complexity index is 901. The van der Waals surface area contributed by atoms with E-state index in [0.29, 0.717) is 11.6 Å². The van der Waals surface area contributed by atoms with Gasteiger partial charge in [0.1, 0.15) is 0 Å². The molecule has 2 aromatic heterocycles. The van der Waals surface area contributed by atoms with Crippen LogP contribution in [-0.2, 0) is 6.54 Å². The molecule has 1 amide bonds. The zero-order valence-electron chi connectivity index (χ0n) is 13.1. The van der Waals surface area contributed by atoms with Crippen LogP contribution in [0.15, 0.2) is 42.7 Å². The molecule has 1 aromatic carbocycles. The van der Waals surface area contributed by atoms with E-state index < -0.39 is 11.7 Å². The Morgan fingerprint density at radius 1 is 1.29 bits per heavy atom. The van der Waals surface area contributed by atoms with Gasteiger partial charge < -0.3 is 5.32 Å². The van der Waals surface area contributed by atoms with Crippen molar-refractivity contribution in [3.8, 4) is 0 Å². The van der Waals surface area contributed by atoms with Gasteiger partial charge in [-0.1, -0.05) is 24.6 Å². The molecule has 2 heterocycles. The number of pyridine rings is 1. The number of fused-ring (bicyclic) bond motifs is 1. The highest BCUT2D eigenvalue weighted by Crippen LogP contribution is 2.29. The van der Waals surface area contributed by atoms with Crippen LogP contribution < -0.4 is 5.32 Å². The second-order valence-electron chi connectivity index (χ2n) is 6.15.